The van der Waals surface area contributed by atoms with Gasteiger partial charge in [0, 0.05) is 18.3 Å². The molecule has 0 radical (unpaired) electrons. The fourth-order valence-corrected chi connectivity index (χ4v) is 2.03. The van der Waals surface area contributed by atoms with Crippen molar-refractivity contribution in [2.24, 2.45) is 0 Å². The molecule has 4 nitrogen and oxygen atoms in total. The van der Waals surface area contributed by atoms with Gasteiger partial charge >= 0.3 is 0 Å². The van der Waals surface area contributed by atoms with Crippen LogP contribution in [0, 0.1) is 0 Å². The Bertz CT molecular complexity index is 289. The summed E-state index contributed by atoms with van der Waals surface area (Å²) in [6, 6.07) is 0.0233. The molecule has 1 unspecified atom stereocenters. The van der Waals surface area contributed by atoms with Gasteiger partial charge < -0.3 is 10.0 Å². The minimum Gasteiger partial charge on any atom is -0.395 e. The molecule has 1 atom stereocenters. The van der Waals surface area contributed by atoms with Gasteiger partial charge in [0.2, 0.25) is 5.91 Å². The van der Waals surface area contributed by atoms with Gasteiger partial charge in [-0.25, -0.2) is 0 Å². The summed E-state index contributed by atoms with van der Waals surface area (Å²) >= 11 is 0. The van der Waals surface area contributed by atoms with Crippen LogP contribution < -0.4 is 0 Å². The first kappa shape index (κ1) is 14.2. The molecular formula is C13H24N2O2. The molecular weight excluding hydrogens is 216 g/mol. The van der Waals surface area contributed by atoms with Gasteiger partial charge in [0.25, 0.3) is 0 Å². The van der Waals surface area contributed by atoms with Gasteiger partial charge in [-0.15, -0.1) is 0 Å². The highest BCUT2D eigenvalue weighted by molar-refractivity contribution is 5.80. The number of amides is 1. The Morgan fingerprint density at radius 1 is 1.59 bits per heavy atom. The van der Waals surface area contributed by atoms with Crippen LogP contribution in [-0.2, 0) is 4.79 Å². The maximum absolute atomic E-state index is 12.2. The van der Waals surface area contributed by atoms with Crippen LogP contribution in [0.3, 0.4) is 0 Å². The topological polar surface area (TPSA) is 43.8 Å². The average molecular weight is 240 g/mol. The van der Waals surface area contributed by atoms with E-state index < -0.39 is 0 Å². The van der Waals surface area contributed by atoms with Crippen LogP contribution in [0.2, 0.25) is 0 Å². The van der Waals surface area contributed by atoms with E-state index >= 15 is 0 Å². The standard InChI is InChI=1S/C13H24N2O2/c1-4-15(12-7-5-6-8-12)13(17)9-14(3)11(2)10-16/h7,11,16H,4-6,8-10H2,1-3H3. The predicted octanol–water partition coefficient (Wildman–Crippen LogP) is 1.22. The van der Waals surface area contributed by atoms with Crippen molar-refractivity contribution in [3.8, 4) is 0 Å². The summed E-state index contributed by atoms with van der Waals surface area (Å²) in [5, 5.41) is 9.05. The highest BCUT2D eigenvalue weighted by atomic mass is 16.3. The molecule has 0 bridgehead atoms. The lowest BCUT2D eigenvalue weighted by molar-refractivity contribution is -0.130. The van der Waals surface area contributed by atoms with E-state index in [1.165, 1.54) is 5.70 Å². The second-order valence-corrected chi connectivity index (χ2v) is 4.67. The molecule has 1 rings (SSSR count). The van der Waals surface area contributed by atoms with Gasteiger partial charge in [0.1, 0.15) is 0 Å². The first-order valence-electron chi connectivity index (χ1n) is 6.40. The number of allylic oxidation sites excluding steroid dienone is 2. The second kappa shape index (κ2) is 6.77. The molecule has 0 spiro atoms. The third-order valence-electron chi connectivity index (χ3n) is 3.38. The monoisotopic (exact) mass is 240 g/mol. The molecule has 0 heterocycles. The molecule has 0 aromatic heterocycles. The van der Waals surface area contributed by atoms with Crippen molar-refractivity contribution in [1.29, 1.82) is 0 Å². The molecule has 98 valence electrons. The molecule has 0 saturated heterocycles. The van der Waals surface area contributed by atoms with Gasteiger partial charge in [0.15, 0.2) is 0 Å². The maximum Gasteiger partial charge on any atom is 0.240 e. The van der Waals surface area contributed by atoms with Crippen LogP contribution in [0.5, 0.6) is 0 Å². The van der Waals surface area contributed by atoms with Crippen molar-refractivity contribution in [2.75, 3.05) is 26.7 Å². The molecule has 4 heteroatoms. The predicted molar refractivity (Wildman–Crippen MR) is 68.5 cm³/mol. The zero-order valence-electron chi connectivity index (χ0n) is 11.1. The lowest BCUT2D eigenvalue weighted by Gasteiger charge is -2.27. The summed E-state index contributed by atoms with van der Waals surface area (Å²) in [4.78, 5) is 15.9. The third kappa shape index (κ3) is 3.82. The second-order valence-electron chi connectivity index (χ2n) is 4.67. The number of carbonyl (C=O) groups is 1. The molecule has 0 aromatic rings. The number of aliphatic hydroxyl groups excluding tert-OH is 1. The molecule has 1 aliphatic carbocycles. The number of hydrogen-bond acceptors (Lipinski definition) is 3. The first-order valence-corrected chi connectivity index (χ1v) is 6.40. The van der Waals surface area contributed by atoms with E-state index in [9.17, 15) is 4.79 Å². The highest BCUT2D eigenvalue weighted by Crippen LogP contribution is 2.21. The van der Waals surface area contributed by atoms with E-state index in [2.05, 4.69) is 6.08 Å². The minimum atomic E-state index is 0.0233. The normalized spacial score (nSPS) is 17.1. The average Bonchev–Trinajstić information content (AvgIpc) is 2.82. The molecule has 0 aromatic carbocycles. The summed E-state index contributed by atoms with van der Waals surface area (Å²) in [6.45, 7) is 5.10. The highest BCUT2D eigenvalue weighted by Gasteiger charge is 2.21. The number of likely N-dealkylation sites (N-methyl/N-ethyl adjacent to an activating group) is 2. The van der Waals surface area contributed by atoms with Crippen molar-refractivity contribution >= 4 is 5.91 Å². The molecule has 1 N–H and O–H groups in total. The van der Waals surface area contributed by atoms with Crippen LogP contribution >= 0.6 is 0 Å². The number of hydrogen-bond donors (Lipinski definition) is 1. The molecule has 1 aliphatic rings. The quantitative estimate of drug-likeness (QED) is 0.759. The summed E-state index contributed by atoms with van der Waals surface area (Å²) in [5.74, 6) is 0.128. The molecule has 0 fully saturated rings. The van der Waals surface area contributed by atoms with Gasteiger partial charge in [-0.1, -0.05) is 6.08 Å². The summed E-state index contributed by atoms with van der Waals surface area (Å²) in [5.41, 5.74) is 1.17. The summed E-state index contributed by atoms with van der Waals surface area (Å²) in [7, 11) is 1.87. The Hall–Kier alpha value is -0.870. The third-order valence-corrected chi connectivity index (χ3v) is 3.38. The van der Waals surface area contributed by atoms with Crippen LogP contribution in [0.15, 0.2) is 11.8 Å². The van der Waals surface area contributed by atoms with Crippen molar-refractivity contribution in [1.82, 2.24) is 9.80 Å². The maximum atomic E-state index is 12.2. The number of rotatable bonds is 6. The Balaban J connectivity index is 2.55. The number of carbonyl (C=O) groups excluding carboxylic acids is 1. The van der Waals surface area contributed by atoms with Crippen LogP contribution in [-0.4, -0.2) is 53.6 Å². The zero-order chi connectivity index (χ0) is 12.8. The number of aliphatic hydroxyl groups is 1. The van der Waals surface area contributed by atoms with Crippen LogP contribution in [0.1, 0.15) is 33.1 Å². The summed E-state index contributed by atoms with van der Waals surface area (Å²) in [6.07, 6.45) is 5.42. The van der Waals surface area contributed by atoms with Crippen LogP contribution in [0.4, 0.5) is 0 Å². The van der Waals surface area contributed by atoms with Gasteiger partial charge in [-0.3, -0.25) is 9.69 Å². The molecule has 17 heavy (non-hydrogen) atoms. The minimum absolute atomic E-state index is 0.0233. The number of nitrogens with zero attached hydrogens (tertiary/aromatic N) is 2. The van der Waals surface area contributed by atoms with E-state index in [4.69, 9.17) is 5.11 Å². The first-order chi connectivity index (χ1) is 8.10. The van der Waals surface area contributed by atoms with E-state index in [0.29, 0.717) is 6.54 Å². The van der Waals surface area contributed by atoms with Crippen molar-refractivity contribution in [3.63, 3.8) is 0 Å². The van der Waals surface area contributed by atoms with Gasteiger partial charge in [-0.2, -0.15) is 0 Å². The fourth-order valence-electron chi connectivity index (χ4n) is 2.03. The molecule has 1 amide bonds. The Morgan fingerprint density at radius 2 is 2.29 bits per heavy atom. The molecule has 0 saturated carbocycles. The van der Waals surface area contributed by atoms with E-state index in [1.807, 2.05) is 30.7 Å². The Morgan fingerprint density at radius 3 is 2.76 bits per heavy atom. The fraction of sp³-hybridized carbons (Fsp3) is 0.769. The summed E-state index contributed by atoms with van der Waals surface area (Å²) < 4.78 is 0. The Labute approximate surface area is 104 Å². The smallest absolute Gasteiger partial charge is 0.240 e. The van der Waals surface area contributed by atoms with E-state index in [-0.39, 0.29) is 18.6 Å². The molecule has 0 aliphatic heterocycles. The van der Waals surface area contributed by atoms with Crippen molar-refractivity contribution in [2.45, 2.75) is 39.2 Å². The zero-order valence-corrected chi connectivity index (χ0v) is 11.1. The Kier molecular flexibility index (Phi) is 5.65. The largest absolute Gasteiger partial charge is 0.395 e. The lowest BCUT2D eigenvalue weighted by atomic mass is 10.2. The van der Waals surface area contributed by atoms with Crippen LogP contribution in [0.25, 0.3) is 0 Å². The van der Waals surface area contributed by atoms with Crippen molar-refractivity contribution < 1.29 is 9.90 Å². The van der Waals surface area contributed by atoms with Gasteiger partial charge in [-0.05, 0) is 40.2 Å². The van der Waals surface area contributed by atoms with Crippen molar-refractivity contribution in [3.05, 3.63) is 11.8 Å². The van der Waals surface area contributed by atoms with E-state index in [0.717, 1.165) is 25.8 Å². The SMILES string of the molecule is CCN(C(=O)CN(C)C(C)CO)C1=CCCC1. The van der Waals surface area contributed by atoms with E-state index in [1.54, 1.807) is 0 Å². The van der Waals surface area contributed by atoms with Gasteiger partial charge in [0.05, 0.1) is 13.2 Å². The lowest BCUT2D eigenvalue weighted by Crippen LogP contribution is -2.42.